The highest BCUT2D eigenvalue weighted by atomic mass is 16.3. The molecule has 0 aromatic heterocycles. The number of hydrogen-bond acceptors (Lipinski definition) is 4. The van der Waals surface area contributed by atoms with Crippen LogP contribution in [0.5, 0.6) is 0 Å². The number of carbonyl (C=O) groups excluding carboxylic acids is 2. The number of hydrogen-bond donors (Lipinski definition) is 4. The smallest absolute Gasteiger partial charge is 0.251 e. The van der Waals surface area contributed by atoms with Gasteiger partial charge in [0.25, 0.3) is 5.91 Å². The lowest BCUT2D eigenvalue weighted by Crippen LogP contribution is -2.41. The van der Waals surface area contributed by atoms with Crippen molar-refractivity contribution in [2.75, 3.05) is 19.8 Å². The van der Waals surface area contributed by atoms with E-state index in [4.69, 9.17) is 10.2 Å². The van der Waals surface area contributed by atoms with Gasteiger partial charge in [-0.05, 0) is 12.1 Å². The van der Waals surface area contributed by atoms with Gasteiger partial charge in [0, 0.05) is 18.5 Å². The Bertz CT molecular complexity index is 404. The highest BCUT2D eigenvalue weighted by Crippen LogP contribution is 1.97. The highest BCUT2D eigenvalue weighted by molar-refractivity contribution is 5.94. The zero-order valence-corrected chi connectivity index (χ0v) is 10.5. The Morgan fingerprint density at radius 1 is 1.11 bits per heavy atom. The molecule has 1 aromatic rings. The Morgan fingerprint density at radius 2 is 1.74 bits per heavy atom. The Balaban J connectivity index is 2.27. The lowest BCUT2D eigenvalue weighted by Gasteiger charge is -2.13. The number of rotatable bonds is 7. The molecule has 0 radical (unpaired) electrons. The van der Waals surface area contributed by atoms with Gasteiger partial charge in [-0.2, -0.15) is 0 Å². The van der Waals surface area contributed by atoms with Gasteiger partial charge >= 0.3 is 0 Å². The minimum atomic E-state index is -0.655. The Morgan fingerprint density at radius 3 is 2.32 bits per heavy atom. The van der Waals surface area contributed by atoms with E-state index >= 15 is 0 Å². The molecule has 0 bridgehead atoms. The summed E-state index contributed by atoms with van der Waals surface area (Å²) < 4.78 is 0. The normalized spacial score (nSPS) is 10.3. The van der Waals surface area contributed by atoms with Crippen molar-refractivity contribution >= 4 is 11.8 Å². The molecule has 6 nitrogen and oxygen atoms in total. The van der Waals surface area contributed by atoms with Crippen molar-refractivity contribution in [2.24, 2.45) is 0 Å². The molecule has 1 aromatic carbocycles. The Kier molecular flexibility index (Phi) is 6.56. The van der Waals surface area contributed by atoms with Crippen LogP contribution in [-0.2, 0) is 4.79 Å². The number of nitrogens with one attached hydrogen (secondary N) is 2. The third-order valence-corrected chi connectivity index (χ3v) is 2.48. The predicted molar refractivity (Wildman–Crippen MR) is 69.5 cm³/mol. The van der Waals surface area contributed by atoms with Gasteiger partial charge in [0.15, 0.2) is 0 Å². The second-order valence-electron chi connectivity index (χ2n) is 4.00. The van der Waals surface area contributed by atoms with E-state index in [9.17, 15) is 9.59 Å². The topological polar surface area (TPSA) is 98.7 Å². The van der Waals surface area contributed by atoms with Gasteiger partial charge in [0.1, 0.15) is 0 Å². The summed E-state index contributed by atoms with van der Waals surface area (Å²) in [7, 11) is 0. The summed E-state index contributed by atoms with van der Waals surface area (Å²) in [5, 5.41) is 22.6. The van der Waals surface area contributed by atoms with Crippen molar-refractivity contribution in [1.82, 2.24) is 10.6 Å². The summed E-state index contributed by atoms with van der Waals surface area (Å²) in [4.78, 5) is 23.0. The average Bonchev–Trinajstić information content (AvgIpc) is 2.45. The molecule has 19 heavy (non-hydrogen) atoms. The quantitative estimate of drug-likeness (QED) is 0.523. The molecule has 0 spiro atoms. The Labute approximate surface area is 111 Å². The lowest BCUT2D eigenvalue weighted by atomic mass is 10.2. The summed E-state index contributed by atoms with van der Waals surface area (Å²) in [5.74, 6) is -0.573. The third kappa shape index (κ3) is 5.50. The van der Waals surface area contributed by atoms with Gasteiger partial charge < -0.3 is 20.8 Å². The van der Waals surface area contributed by atoms with Crippen LogP contribution < -0.4 is 10.6 Å². The van der Waals surface area contributed by atoms with Crippen LogP contribution in [0.4, 0.5) is 0 Å². The van der Waals surface area contributed by atoms with Crippen molar-refractivity contribution in [3.05, 3.63) is 35.9 Å². The molecule has 104 valence electrons. The van der Waals surface area contributed by atoms with E-state index < -0.39 is 6.04 Å². The maximum atomic E-state index is 11.6. The molecular formula is C13H18N2O4. The molecule has 0 aliphatic heterocycles. The van der Waals surface area contributed by atoms with Crippen molar-refractivity contribution in [2.45, 2.75) is 12.5 Å². The van der Waals surface area contributed by atoms with Crippen LogP contribution in [0.15, 0.2) is 30.3 Å². The number of aliphatic hydroxyl groups is 2. The minimum absolute atomic E-state index is 0.0923. The Hall–Kier alpha value is -1.92. The molecule has 0 fully saturated rings. The van der Waals surface area contributed by atoms with E-state index in [0.29, 0.717) is 5.56 Å². The monoisotopic (exact) mass is 266 g/mol. The van der Waals surface area contributed by atoms with Crippen LogP contribution in [0.2, 0.25) is 0 Å². The zero-order valence-electron chi connectivity index (χ0n) is 10.5. The first-order valence-electron chi connectivity index (χ1n) is 6.01. The summed E-state index contributed by atoms with van der Waals surface area (Å²) >= 11 is 0. The zero-order chi connectivity index (χ0) is 14.1. The standard InChI is InChI=1S/C13H18N2O4/c16-8-11(9-17)15-12(18)6-7-14-13(19)10-4-2-1-3-5-10/h1-5,11,16-17H,6-9H2,(H,14,19)(H,15,18). The van der Waals surface area contributed by atoms with E-state index in [0.717, 1.165) is 0 Å². The highest BCUT2D eigenvalue weighted by Gasteiger charge is 2.10. The molecule has 0 aliphatic rings. The maximum absolute atomic E-state index is 11.6. The number of aliphatic hydroxyl groups excluding tert-OH is 2. The first kappa shape index (κ1) is 15.1. The summed E-state index contributed by atoms with van der Waals surface area (Å²) in [6, 6.07) is 8.04. The van der Waals surface area contributed by atoms with Crippen molar-refractivity contribution < 1.29 is 19.8 Å². The third-order valence-electron chi connectivity index (χ3n) is 2.48. The molecule has 2 amide bonds. The van der Waals surface area contributed by atoms with Crippen LogP contribution in [0.3, 0.4) is 0 Å². The van der Waals surface area contributed by atoms with Crippen molar-refractivity contribution in [1.29, 1.82) is 0 Å². The van der Waals surface area contributed by atoms with Gasteiger partial charge in [-0.3, -0.25) is 9.59 Å². The van der Waals surface area contributed by atoms with E-state index in [-0.39, 0.29) is 38.0 Å². The van der Waals surface area contributed by atoms with Gasteiger partial charge in [0.05, 0.1) is 19.3 Å². The molecular weight excluding hydrogens is 248 g/mol. The first-order chi connectivity index (χ1) is 9.17. The van der Waals surface area contributed by atoms with E-state index in [1.807, 2.05) is 6.07 Å². The molecule has 0 saturated carbocycles. The van der Waals surface area contributed by atoms with Crippen LogP contribution >= 0.6 is 0 Å². The average molecular weight is 266 g/mol. The molecule has 1 rings (SSSR count). The largest absolute Gasteiger partial charge is 0.394 e. The molecule has 4 N–H and O–H groups in total. The lowest BCUT2D eigenvalue weighted by molar-refractivity contribution is -0.122. The fraction of sp³-hybridized carbons (Fsp3) is 0.385. The fourth-order valence-corrected chi connectivity index (χ4v) is 1.43. The number of carbonyl (C=O) groups is 2. The van der Waals surface area contributed by atoms with Crippen molar-refractivity contribution in [3.63, 3.8) is 0 Å². The van der Waals surface area contributed by atoms with Crippen LogP contribution in [0.25, 0.3) is 0 Å². The summed E-state index contributed by atoms with van der Waals surface area (Å²) in [6.45, 7) is -0.444. The van der Waals surface area contributed by atoms with E-state index in [2.05, 4.69) is 10.6 Å². The van der Waals surface area contributed by atoms with Gasteiger partial charge in [-0.1, -0.05) is 18.2 Å². The van der Waals surface area contributed by atoms with Crippen LogP contribution in [0, 0.1) is 0 Å². The minimum Gasteiger partial charge on any atom is -0.394 e. The number of amides is 2. The van der Waals surface area contributed by atoms with Crippen LogP contribution in [-0.4, -0.2) is 47.8 Å². The summed E-state index contributed by atoms with van der Waals surface area (Å²) in [5.41, 5.74) is 0.534. The number of benzene rings is 1. The molecule has 0 saturated heterocycles. The van der Waals surface area contributed by atoms with E-state index in [1.165, 1.54) is 0 Å². The van der Waals surface area contributed by atoms with Gasteiger partial charge in [-0.15, -0.1) is 0 Å². The molecule has 0 unspecified atom stereocenters. The van der Waals surface area contributed by atoms with Crippen LogP contribution in [0.1, 0.15) is 16.8 Å². The fourth-order valence-electron chi connectivity index (χ4n) is 1.43. The molecule has 6 heteroatoms. The molecule has 0 heterocycles. The second kappa shape index (κ2) is 8.23. The predicted octanol–water partition coefficient (Wildman–Crippen LogP) is -0.724. The van der Waals surface area contributed by atoms with Crippen molar-refractivity contribution in [3.8, 4) is 0 Å². The molecule has 0 aliphatic carbocycles. The first-order valence-corrected chi connectivity index (χ1v) is 6.01. The van der Waals surface area contributed by atoms with E-state index in [1.54, 1.807) is 24.3 Å². The SMILES string of the molecule is O=C(CCNC(=O)c1ccccc1)NC(CO)CO. The molecule has 0 atom stereocenters. The second-order valence-corrected chi connectivity index (χ2v) is 4.00. The summed E-state index contributed by atoms with van der Waals surface area (Å²) in [6.07, 6.45) is 0.0923. The maximum Gasteiger partial charge on any atom is 0.251 e. The van der Waals surface area contributed by atoms with Gasteiger partial charge in [-0.25, -0.2) is 0 Å². The van der Waals surface area contributed by atoms with Gasteiger partial charge in [0.2, 0.25) is 5.91 Å².